The third-order valence-corrected chi connectivity index (χ3v) is 5.44. The molecule has 2 aromatic carbocycles. The zero-order valence-corrected chi connectivity index (χ0v) is 14.4. The van der Waals surface area contributed by atoms with Crippen LogP contribution in [0.3, 0.4) is 0 Å². The molecular weight excluding hydrogens is 348 g/mol. The fraction of sp³-hybridized carbons (Fsp3) is 0.188. The number of rotatable bonds is 6. The van der Waals surface area contributed by atoms with E-state index in [1.165, 1.54) is 49.6 Å². The lowest BCUT2D eigenvalue weighted by molar-refractivity contribution is -0.387. The first-order valence-electron chi connectivity index (χ1n) is 7.27. The summed E-state index contributed by atoms with van der Waals surface area (Å²) in [6.45, 7) is 1.67. The molecule has 2 aromatic rings. The SMILES string of the molecule is CCN(c1ccc(C(=O)OC)cc1)S(=O)(=O)c1ccccc1[N+](=O)[O-]. The van der Waals surface area contributed by atoms with Gasteiger partial charge in [0.25, 0.3) is 15.7 Å². The molecule has 0 radical (unpaired) electrons. The van der Waals surface area contributed by atoms with Crippen molar-refractivity contribution >= 4 is 27.4 Å². The lowest BCUT2D eigenvalue weighted by atomic mass is 10.2. The van der Waals surface area contributed by atoms with E-state index >= 15 is 0 Å². The van der Waals surface area contributed by atoms with Crippen LogP contribution in [0.15, 0.2) is 53.4 Å². The van der Waals surface area contributed by atoms with Gasteiger partial charge in [0, 0.05) is 12.6 Å². The monoisotopic (exact) mass is 364 g/mol. The average Bonchev–Trinajstić information content (AvgIpc) is 2.62. The molecule has 0 atom stereocenters. The van der Waals surface area contributed by atoms with Crippen LogP contribution >= 0.6 is 0 Å². The van der Waals surface area contributed by atoms with Crippen molar-refractivity contribution in [3.8, 4) is 0 Å². The van der Waals surface area contributed by atoms with Crippen LogP contribution in [0.4, 0.5) is 11.4 Å². The molecule has 0 saturated heterocycles. The number of nitro groups is 1. The molecule has 0 aliphatic rings. The lowest BCUT2D eigenvalue weighted by Crippen LogP contribution is -2.31. The van der Waals surface area contributed by atoms with E-state index in [1.807, 2.05) is 0 Å². The normalized spacial score (nSPS) is 11.0. The van der Waals surface area contributed by atoms with Crippen molar-refractivity contribution in [2.24, 2.45) is 0 Å². The first kappa shape index (κ1) is 18.4. The van der Waals surface area contributed by atoms with Gasteiger partial charge in [0.1, 0.15) is 0 Å². The number of nitrogens with zero attached hydrogens (tertiary/aromatic N) is 2. The largest absolute Gasteiger partial charge is 0.465 e. The van der Waals surface area contributed by atoms with E-state index < -0.39 is 26.6 Å². The number of para-hydroxylation sites is 1. The fourth-order valence-electron chi connectivity index (χ4n) is 2.32. The zero-order valence-electron chi connectivity index (χ0n) is 13.6. The van der Waals surface area contributed by atoms with E-state index in [4.69, 9.17) is 0 Å². The molecule has 0 bridgehead atoms. The highest BCUT2D eigenvalue weighted by Crippen LogP contribution is 2.29. The minimum absolute atomic E-state index is 0.0615. The molecule has 0 fully saturated rings. The van der Waals surface area contributed by atoms with Gasteiger partial charge >= 0.3 is 5.97 Å². The average molecular weight is 364 g/mol. The summed E-state index contributed by atoms with van der Waals surface area (Å²) in [5, 5.41) is 11.1. The smallest absolute Gasteiger partial charge is 0.337 e. The number of esters is 1. The Morgan fingerprint density at radius 2 is 1.76 bits per heavy atom. The van der Waals surface area contributed by atoms with E-state index in [0.717, 1.165) is 10.4 Å². The topological polar surface area (TPSA) is 107 Å². The van der Waals surface area contributed by atoms with Gasteiger partial charge in [-0.25, -0.2) is 13.2 Å². The second-order valence-corrected chi connectivity index (χ2v) is 6.76. The maximum absolute atomic E-state index is 12.9. The van der Waals surface area contributed by atoms with E-state index in [0.29, 0.717) is 0 Å². The van der Waals surface area contributed by atoms with Crippen molar-refractivity contribution in [1.29, 1.82) is 0 Å². The molecule has 0 aromatic heterocycles. The highest BCUT2D eigenvalue weighted by Gasteiger charge is 2.30. The summed E-state index contributed by atoms with van der Waals surface area (Å²) in [6, 6.07) is 10.9. The van der Waals surface area contributed by atoms with Crippen molar-refractivity contribution < 1.29 is 22.9 Å². The Balaban J connectivity index is 2.50. The third-order valence-electron chi connectivity index (χ3n) is 3.49. The van der Waals surface area contributed by atoms with Crippen molar-refractivity contribution in [3.63, 3.8) is 0 Å². The molecule has 0 saturated carbocycles. The van der Waals surface area contributed by atoms with Crippen LogP contribution in [-0.2, 0) is 14.8 Å². The second-order valence-electron chi connectivity index (χ2n) is 4.93. The summed E-state index contributed by atoms with van der Waals surface area (Å²) >= 11 is 0. The van der Waals surface area contributed by atoms with Gasteiger partial charge in [-0.1, -0.05) is 12.1 Å². The number of carbonyl (C=O) groups excluding carboxylic acids is 1. The Bertz CT molecular complexity index is 893. The fourth-order valence-corrected chi connectivity index (χ4v) is 3.95. The maximum Gasteiger partial charge on any atom is 0.337 e. The van der Waals surface area contributed by atoms with Gasteiger partial charge in [0.2, 0.25) is 0 Å². The van der Waals surface area contributed by atoms with Crippen LogP contribution in [0.25, 0.3) is 0 Å². The Hall–Kier alpha value is -2.94. The number of nitro benzene ring substituents is 1. The molecule has 0 amide bonds. The van der Waals surface area contributed by atoms with Gasteiger partial charge in [0.15, 0.2) is 4.90 Å². The van der Waals surface area contributed by atoms with Gasteiger partial charge < -0.3 is 4.74 Å². The first-order chi connectivity index (χ1) is 11.8. The van der Waals surface area contributed by atoms with Gasteiger partial charge in [-0.05, 0) is 37.3 Å². The minimum Gasteiger partial charge on any atom is -0.465 e. The van der Waals surface area contributed by atoms with Gasteiger partial charge in [-0.15, -0.1) is 0 Å². The predicted molar refractivity (Wildman–Crippen MR) is 91.1 cm³/mol. The molecule has 0 aliphatic carbocycles. The number of hydrogen-bond donors (Lipinski definition) is 0. The molecule has 2 rings (SSSR count). The molecule has 0 spiro atoms. The summed E-state index contributed by atoms with van der Waals surface area (Å²) < 4.78 is 31.4. The number of hydrogen-bond acceptors (Lipinski definition) is 6. The summed E-state index contributed by atoms with van der Waals surface area (Å²) in [5.41, 5.74) is 0.0610. The molecule has 132 valence electrons. The predicted octanol–water partition coefficient (Wildman–Crippen LogP) is 2.60. The summed E-state index contributed by atoms with van der Waals surface area (Å²) in [7, 11) is -2.90. The van der Waals surface area contributed by atoms with Crippen molar-refractivity contribution in [1.82, 2.24) is 0 Å². The molecule has 0 N–H and O–H groups in total. The maximum atomic E-state index is 12.9. The quantitative estimate of drug-likeness (QED) is 0.443. The highest BCUT2D eigenvalue weighted by molar-refractivity contribution is 7.93. The number of carbonyl (C=O) groups is 1. The molecule has 25 heavy (non-hydrogen) atoms. The Kier molecular flexibility index (Phi) is 5.38. The highest BCUT2D eigenvalue weighted by atomic mass is 32.2. The van der Waals surface area contributed by atoms with Gasteiger partial charge in [-0.3, -0.25) is 14.4 Å². The van der Waals surface area contributed by atoms with Crippen molar-refractivity contribution in [3.05, 3.63) is 64.2 Å². The lowest BCUT2D eigenvalue weighted by Gasteiger charge is -2.22. The Morgan fingerprint density at radius 3 is 2.28 bits per heavy atom. The van der Waals surface area contributed by atoms with Crippen LogP contribution in [0, 0.1) is 10.1 Å². The van der Waals surface area contributed by atoms with Crippen LogP contribution in [-0.4, -0.2) is 33.0 Å². The standard InChI is InChI=1S/C16H16N2O6S/c1-3-17(13-10-8-12(9-11-13)16(19)24-2)25(22,23)15-7-5-4-6-14(15)18(20)21/h4-11H,3H2,1-2H3. The number of sulfonamides is 1. The number of anilines is 1. The van der Waals surface area contributed by atoms with Crippen LogP contribution in [0.5, 0.6) is 0 Å². The third kappa shape index (κ3) is 3.61. The summed E-state index contributed by atoms with van der Waals surface area (Å²) in [5.74, 6) is -0.545. The minimum atomic E-state index is -4.14. The van der Waals surface area contributed by atoms with Crippen LogP contribution in [0.1, 0.15) is 17.3 Å². The first-order valence-corrected chi connectivity index (χ1v) is 8.71. The molecule has 9 heteroatoms. The number of methoxy groups -OCH3 is 1. The number of benzene rings is 2. The van der Waals surface area contributed by atoms with E-state index in [2.05, 4.69) is 4.74 Å². The molecule has 8 nitrogen and oxygen atoms in total. The van der Waals surface area contributed by atoms with Crippen molar-refractivity contribution in [2.45, 2.75) is 11.8 Å². The second kappa shape index (κ2) is 7.31. The molecule has 0 heterocycles. The molecule has 0 aliphatic heterocycles. The zero-order chi connectivity index (χ0) is 18.6. The van der Waals surface area contributed by atoms with Gasteiger partial charge in [-0.2, -0.15) is 0 Å². The summed E-state index contributed by atoms with van der Waals surface area (Å²) in [6.07, 6.45) is 0. The van der Waals surface area contributed by atoms with Crippen LogP contribution in [0.2, 0.25) is 0 Å². The molecule has 0 unspecified atom stereocenters. The number of ether oxygens (including phenoxy) is 1. The van der Waals surface area contributed by atoms with E-state index in [9.17, 15) is 23.3 Å². The Labute approximate surface area is 144 Å². The van der Waals surface area contributed by atoms with E-state index in [-0.39, 0.29) is 22.7 Å². The van der Waals surface area contributed by atoms with Crippen LogP contribution < -0.4 is 4.31 Å². The van der Waals surface area contributed by atoms with Gasteiger partial charge in [0.05, 0.1) is 23.3 Å². The Morgan fingerprint density at radius 1 is 1.16 bits per heavy atom. The molecular formula is C16H16N2O6S. The summed E-state index contributed by atoms with van der Waals surface area (Å²) in [4.78, 5) is 21.5. The van der Waals surface area contributed by atoms with E-state index in [1.54, 1.807) is 6.92 Å². The van der Waals surface area contributed by atoms with Crippen molar-refractivity contribution in [2.75, 3.05) is 18.0 Å².